The molecule has 0 aliphatic heterocycles. The van der Waals surface area contributed by atoms with E-state index in [-0.39, 0.29) is 11.3 Å². The van der Waals surface area contributed by atoms with Crippen LogP contribution in [-0.2, 0) is 21.2 Å². The summed E-state index contributed by atoms with van der Waals surface area (Å²) in [5.41, 5.74) is 1.45. The topological polar surface area (TPSA) is 75.3 Å². The van der Waals surface area contributed by atoms with Gasteiger partial charge in [-0.05, 0) is 60.7 Å². The van der Waals surface area contributed by atoms with Gasteiger partial charge >= 0.3 is 0 Å². The molecule has 8 heteroatoms. The van der Waals surface area contributed by atoms with Gasteiger partial charge in [-0.1, -0.05) is 48.0 Å². The van der Waals surface area contributed by atoms with E-state index < -0.39 is 22.0 Å². The van der Waals surface area contributed by atoms with Crippen LogP contribution in [0.1, 0.15) is 5.56 Å². The van der Waals surface area contributed by atoms with Crippen LogP contribution in [0.2, 0.25) is 5.02 Å². The van der Waals surface area contributed by atoms with Crippen LogP contribution >= 0.6 is 23.4 Å². The minimum Gasteiger partial charge on any atom is -0.325 e. The lowest BCUT2D eigenvalue weighted by molar-refractivity contribution is -0.117. The molecule has 2 N–H and O–H groups in total. The number of amides is 1. The first-order valence-corrected chi connectivity index (χ1v) is 12.2. The molecule has 0 aliphatic carbocycles. The fourth-order valence-electron chi connectivity index (χ4n) is 2.84. The summed E-state index contributed by atoms with van der Waals surface area (Å²) in [4.78, 5) is 14.1. The number of hydrogen-bond acceptors (Lipinski definition) is 4. The van der Waals surface area contributed by atoms with Gasteiger partial charge in [-0.15, -0.1) is 11.8 Å². The lowest BCUT2D eigenvalue weighted by Gasteiger charge is -2.19. The number of carbonyl (C=O) groups is 1. The smallest absolute Gasteiger partial charge is 0.242 e. The zero-order valence-electron chi connectivity index (χ0n) is 16.2. The molecule has 0 saturated carbocycles. The van der Waals surface area contributed by atoms with Gasteiger partial charge in [-0.2, -0.15) is 4.72 Å². The zero-order chi connectivity index (χ0) is 21.6. The summed E-state index contributed by atoms with van der Waals surface area (Å²) in [6, 6.07) is 21.5. The molecule has 0 radical (unpaired) electrons. The van der Waals surface area contributed by atoms with E-state index in [2.05, 4.69) is 10.0 Å². The van der Waals surface area contributed by atoms with Gasteiger partial charge in [0.2, 0.25) is 15.9 Å². The van der Waals surface area contributed by atoms with Crippen molar-refractivity contribution in [1.29, 1.82) is 0 Å². The highest BCUT2D eigenvalue weighted by atomic mass is 35.5. The Morgan fingerprint density at radius 1 is 1.00 bits per heavy atom. The highest BCUT2D eigenvalue weighted by molar-refractivity contribution is 7.98. The number of halogens is 1. The second kappa shape index (κ2) is 10.1. The van der Waals surface area contributed by atoms with Crippen LogP contribution in [0.3, 0.4) is 0 Å². The third-order valence-corrected chi connectivity index (χ3v) is 6.82. The Balaban J connectivity index is 1.85. The highest BCUT2D eigenvalue weighted by Crippen LogP contribution is 2.20. The third-order valence-electron chi connectivity index (χ3n) is 4.36. The van der Waals surface area contributed by atoms with Crippen molar-refractivity contribution in [2.75, 3.05) is 11.6 Å². The van der Waals surface area contributed by atoms with Gasteiger partial charge in [0.05, 0.1) is 4.90 Å². The molecule has 0 fully saturated rings. The van der Waals surface area contributed by atoms with E-state index in [0.29, 0.717) is 10.7 Å². The maximum absolute atomic E-state index is 13.0. The molecule has 0 spiro atoms. The van der Waals surface area contributed by atoms with Crippen molar-refractivity contribution in [3.63, 3.8) is 0 Å². The lowest BCUT2D eigenvalue weighted by atomic mass is 10.1. The summed E-state index contributed by atoms with van der Waals surface area (Å²) in [5.74, 6) is -0.436. The summed E-state index contributed by atoms with van der Waals surface area (Å²) < 4.78 is 28.3. The van der Waals surface area contributed by atoms with Crippen molar-refractivity contribution < 1.29 is 13.2 Å². The molecule has 0 bridgehead atoms. The monoisotopic (exact) mass is 460 g/mol. The zero-order valence-corrected chi connectivity index (χ0v) is 18.6. The number of nitrogens with one attached hydrogen (secondary N) is 2. The lowest BCUT2D eigenvalue weighted by Crippen LogP contribution is -2.45. The Kier molecular flexibility index (Phi) is 7.55. The van der Waals surface area contributed by atoms with Crippen LogP contribution in [-0.4, -0.2) is 26.6 Å². The largest absolute Gasteiger partial charge is 0.325 e. The number of sulfonamides is 1. The van der Waals surface area contributed by atoms with Gasteiger partial charge in [0.1, 0.15) is 6.04 Å². The van der Waals surface area contributed by atoms with Gasteiger partial charge in [-0.3, -0.25) is 4.79 Å². The van der Waals surface area contributed by atoms with E-state index in [9.17, 15) is 13.2 Å². The SMILES string of the molecule is CSc1cccc(NC(=O)C(Cc2ccccc2)NS(=O)(=O)c2ccc(Cl)cc2)c1. The third kappa shape index (κ3) is 6.09. The van der Waals surface area contributed by atoms with Crippen LogP contribution < -0.4 is 10.0 Å². The Hall–Kier alpha value is -2.32. The summed E-state index contributed by atoms with van der Waals surface area (Å²) in [7, 11) is -3.92. The molecule has 3 rings (SSSR count). The van der Waals surface area contributed by atoms with Crippen molar-refractivity contribution in [2.24, 2.45) is 0 Å². The summed E-state index contributed by atoms with van der Waals surface area (Å²) in [6.07, 6.45) is 2.15. The van der Waals surface area contributed by atoms with Gasteiger partial charge < -0.3 is 5.32 Å². The Bertz CT molecular complexity index is 1100. The molecule has 5 nitrogen and oxygen atoms in total. The molecule has 0 saturated heterocycles. The predicted molar refractivity (Wildman–Crippen MR) is 123 cm³/mol. The van der Waals surface area contributed by atoms with Crippen molar-refractivity contribution in [3.8, 4) is 0 Å². The normalized spacial score (nSPS) is 12.3. The van der Waals surface area contributed by atoms with E-state index in [0.717, 1.165) is 10.5 Å². The standard InChI is InChI=1S/C22H21ClN2O3S2/c1-29-19-9-5-8-18(15-19)24-22(26)21(14-16-6-3-2-4-7-16)25-30(27,28)20-12-10-17(23)11-13-20/h2-13,15,21,25H,14H2,1H3,(H,24,26). The Morgan fingerprint density at radius 2 is 1.70 bits per heavy atom. The first-order chi connectivity index (χ1) is 14.4. The Labute approximate surface area is 185 Å². The summed E-state index contributed by atoms with van der Waals surface area (Å²) in [5, 5.41) is 3.25. The molecule has 30 heavy (non-hydrogen) atoms. The predicted octanol–water partition coefficient (Wildman–Crippen LogP) is 4.59. The number of rotatable bonds is 8. The number of hydrogen-bond donors (Lipinski definition) is 2. The van der Waals surface area contributed by atoms with E-state index in [4.69, 9.17) is 11.6 Å². The van der Waals surface area contributed by atoms with E-state index in [1.165, 1.54) is 24.3 Å². The molecule has 1 unspecified atom stereocenters. The summed E-state index contributed by atoms with van der Waals surface area (Å²) >= 11 is 7.42. The van der Waals surface area contributed by atoms with Crippen LogP contribution in [0, 0.1) is 0 Å². The number of carbonyl (C=O) groups excluding carboxylic acids is 1. The molecule has 1 atom stereocenters. The molecular formula is C22H21ClN2O3S2. The molecule has 3 aromatic carbocycles. The first-order valence-electron chi connectivity index (χ1n) is 9.14. The maximum Gasteiger partial charge on any atom is 0.242 e. The highest BCUT2D eigenvalue weighted by Gasteiger charge is 2.26. The number of anilines is 1. The molecule has 3 aromatic rings. The van der Waals surface area contributed by atoms with Gasteiger partial charge in [0, 0.05) is 15.6 Å². The fourth-order valence-corrected chi connectivity index (χ4v) is 4.62. The molecular weight excluding hydrogens is 440 g/mol. The van der Waals surface area contributed by atoms with Gasteiger partial charge in [0.25, 0.3) is 0 Å². The van der Waals surface area contributed by atoms with Gasteiger partial charge in [0.15, 0.2) is 0 Å². The quantitative estimate of drug-likeness (QED) is 0.482. The first kappa shape index (κ1) is 22.4. The van der Waals surface area contributed by atoms with Crippen molar-refractivity contribution in [2.45, 2.75) is 22.3 Å². The van der Waals surface area contributed by atoms with E-state index >= 15 is 0 Å². The second-order valence-corrected chi connectivity index (χ2v) is 9.57. The molecule has 0 aromatic heterocycles. The Morgan fingerprint density at radius 3 is 2.37 bits per heavy atom. The fraction of sp³-hybridized carbons (Fsp3) is 0.136. The average Bonchev–Trinajstić information content (AvgIpc) is 2.74. The van der Waals surface area contributed by atoms with Crippen LogP contribution in [0.25, 0.3) is 0 Å². The van der Waals surface area contributed by atoms with Crippen molar-refractivity contribution in [1.82, 2.24) is 4.72 Å². The van der Waals surface area contributed by atoms with Crippen LogP contribution in [0.5, 0.6) is 0 Å². The maximum atomic E-state index is 13.0. The van der Waals surface area contributed by atoms with Crippen molar-refractivity contribution in [3.05, 3.63) is 89.4 Å². The second-order valence-electron chi connectivity index (χ2n) is 6.54. The van der Waals surface area contributed by atoms with Crippen molar-refractivity contribution >= 4 is 45.0 Å². The van der Waals surface area contributed by atoms with E-state index in [1.54, 1.807) is 17.8 Å². The minimum atomic E-state index is -3.92. The average molecular weight is 461 g/mol. The van der Waals surface area contributed by atoms with Crippen LogP contribution in [0.15, 0.2) is 88.7 Å². The van der Waals surface area contributed by atoms with Gasteiger partial charge in [-0.25, -0.2) is 8.42 Å². The minimum absolute atomic E-state index is 0.0437. The molecule has 156 valence electrons. The van der Waals surface area contributed by atoms with Crippen LogP contribution in [0.4, 0.5) is 5.69 Å². The summed E-state index contributed by atoms with van der Waals surface area (Å²) in [6.45, 7) is 0. The number of benzene rings is 3. The molecule has 0 heterocycles. The molecule has 0 aliphatic rings. The number of thioether (sulfide) groups is 1. The molecule has 1 amide bonds. The van der Waals surface area contributed by atoms with E-state index in [1.807, 2.05) is 54.8 Å².